The van der Waals surface area contributed by atoms with Gasteiger partial charge in [0.25, 0.3) is 13.4 Å². The van der Waals surface area contributed by atoms with E-state index < -0.39 is 85.9 Å². The molecule has 3 N–H and O–H groups in total. The molecule has 446 valence electrons. The van der Waals surface area contributed by atoms with Gasteiger partial charge in [0.1, 0.15) is 70.2 Å². The molecule has 27 nitrogen and oxygen atoms in total. The molecule has 2 aliphatic heterocycles. The number of nitrogens with zero attached hydrogens (tertiary/aromatic N) is 5. The predicted molar refractivity (Wildman–Crippen MR) is 297 cm³/mol. The third-order valence-electron chi connectivity index (χ3n) is 14.9. The molecule has 0 amide bonds. The number of hydrogen-bond donors (Lipinski definition) is 2. The van der Waals surface area contributed by atoms with Gasteiger partial charge in [0.2, 0.25) is 0 Å². The molecule has 2 fully saturated rings. The fourth-order valence-electron chi connectivity index (χ4n) is 10.7. The molecule has 84 heavy (non-hydrogen) atoms. The number of nitrogens with two attached hydrogens (primary N) is 1. The number of H-pyrrole nitrogens is 1. The van der Waals surface area contributed by atoms with Gasteiger partial charge in [-0.05, 0) is 71.2 Å². The summed E-state index contributed by atoms with van der Waals surface area (Å²) in [6, 6.07) is 8.40. The number of furan rings is 2. The highest BCUT2D eigenvalue weighted by molar-refractivity contribution is 7.45. The van der Waals surface area contributed by atoms with Crippen LogP contribution in [0.15, 0.2) is 86.0 Å². The van der Waals surface area contributed by atoms with Gasteiger partial charge in [-0.2, -0.15) is 0 Å². The highest BCUT2D eigenvalue weighted by Crippen LogP contribution is 2.41. The van der Waals surface area contributed by atoms with Crippen LogP contribution in [0, 0.1) is 41.5 Å². The minimum Gasteiger partial charge on any atom is -0.756 e. The average molecular weight is 1180 g/mol. The molecule has 3 unspecified atom stereocenters. The van der Waals surface area contributed by atoms with Crippen molar-refractivity contribution in [1.82, 2.24) is 29.1 Å². The number of fused-ring (bicyclic) bond motifs is 5. The van der Waals surface area contributed by atoms with Crippen molar-refractivity contribution in [2.24, 2.45) is 0 Å². The van der Waals surface area contributed by atoms with Crippen molar-refractivity contribution < 1.29 is 74.1 Å². The van der Waals surface area contributed by atoms with E-state index in [0.29, 0.717) is 62.6 Å². The second-order valence-corrected chi connectivity index (χ2v) is 21.8. The highest BCUT2D eigenvalue weighted by Gasteiger charge is 2.49. The minimum absolute atomic E-state index is 0.0562. The molecule has 7 aromatic heterocycles. The predicted octanol–water partition coefficient (Wildman–Crippen LogP) is 5.63. The fraction of sp³-hybridized carbons (Fsp3) is 0.429. The van der Waals surface area contributed by atoms with Crippen molar-refractivity contribution in [2.45, 2.75) is 110 Å². The molecule has 9 aromatic rings. The molecule has 0 aliphatic carbocycles. The number of methoxy groups -OCH3 is 3. The first-order valence-corrected chi connectivity index (χ1v) is 28.0. The molecule has 0 spiro atoms. The zero-order valence-corrected chi connectivity index (χ0v) is 48.1. The maximum atomic E-state index is 13.3. The topological polar surface area (TPSA) is 351 Å². The van der Waals surface area contributed by atoms with Crippen LogP contribution in [-0.2, 0) is 64.6 Å². The summed E-state index contributed by atoms with van der Waals surface area (Å²) < 4.78 is 88.1. The number of rotatable bonds is 19. The first kappa shape index (κ1) is 59.5. The third-order valence-corrected chi connectivity index (χ3v) is 15.9. The summed E-state index contributed by atoms with van der Waals surface area (Å²) in [6.45, 7) is 10.3. The van der Waals surface area contributed by atoms with Gasteiger partial charge in [-0.3, -0.25) is 28.3 Å². The van der Waals surface area contributed by atoms with Gasteiger partial charge in [-0.25, -0.2) is 29.3 Å². The van der Waals surface area contributed by atoms with Crippen molar-refractivity contribution in [3.8, 4) is 0 Å². The Bertz CT molecular complexity index is 4250. The van der Waals surface area contributed by atoms with Crippen LogP contribution in [-0.4, -0.2) is 113 Å². The Labute approximate surface area is 476 Å². The van der Waals surface area contributed by atoms with Crippen molar-refractivity contribution in [1.29, 1.82) is 0 Å². The molecule has 11 rings (SSSR count). The van der Waals surface area contributed by atoms with Gasteiger partial charge in [-0.15, -0.1) is 0 Å². The summed E-state index contributed by atoms with van der Waals surface area (Å²) in [7, 11) is -0.207. The van der Waals surface area contributed by atoms with E-state index in [2.05, 4.69) is 19.9 Å². The lowest BCUT2D eigenvalue weighted by Gasteiger charge is -2.25. The molecule has 0 radical (unpaired) electrons. The van der Waals surface area contributed by atoms with Gasteiger partial charge in [-0.1, -0.05) is 0 Å². The van der Waals surface area contributed by atoms with E-state index in [1.165, 1.54) is 49.8 Å². The number of ether oxygens (including phenoxy) is 7. The van der Waals surface area contributed by atoms with Gasteiger partial charge in [0.15, 0.2) is 23.8 Å². The molecule has 9 heterocycles. The Balaban J connectivity index is 0.000000187. The number of nitrogens with one attached hydrogen (secondary N) is 1. The number of esters is 1. The first-order chi connectivity index (χ1) is 40.2. The monoisotopic (exact) mass is 1180 g/mol. The number of carbonyl (C=O) groups is 1. The Hall–Kier alpha value is -7.69. The van der Waals surface area contributed by atoms with Crippen LogP contribution in [0.3, 0.4) is 0 Å². The van der Waals surface area contributed by atoms with E-state index in [1.54, 1.807) is 31.6 Å². The molecule has 8 atom stereocenters. The molecule has 2 saturated heterocycles. The van der Waals surface area contributed by atoms with Crippen LogP contribution in [0.1, 0.15) is 70.2 Å². The summed E-state index contributed by atoms with van der Waals surface area (Å²) in [6.07, 6.45) is 0.0167. The molecule has 0 saturated carbocycles. The number of phosphoric ester groups is 1. The first-order valence-electron chi connectivity index (χ1n) is 26.6. The van der Waals surface area contributed by atoms with Crippen molar-refractivity contribution >= 4 is 74.7 Å². The smallest absolute Gasteiger partial charge is 0.336 e. The lowest BCUT2D eigenvalue weighted by atomic mass is 10.0. The minimum atomic E-state index is -4.73. The normalized spacial score (nSPS) is 20.6. The van der Waals surface area contributed by atoms with E-state index in [4.69, 9.17) is 65.6 Å². The van der Waals surface area contributed by atoms with Crippen molar-refractivity contribution in [2.75, 3.05) is 53.5 Å². The fourth-order valence-corrected chi connectivity index (χ4v) is 11.4. The molecular formula is C56H61N7O20P-. The number of imidazole rings is 1. The van der Waals surface area contributed by atoms with E-state index in [1.807, 2.05) is 39.8 Å². The Kier molecular flexibility index (Phi) is 17.3. The number of aromatic amines is 1. The van der Waals surface area contributed by atoms with Crippen LogP contribution in [0.2, 0.25) is 0 Å². The summed E-state index contributed by atoms with van der Waals surface area (Å²) in [5, 5.41) is 3.24. The van der Waals surface area contributed by atoms with Gasteiger partial charge < -0.3 is 70.5 Å². The van der Waals surface area contributed by atoms with Crippen LogP contribution >= 0.6 is 7.82 Å². The van der Waals surface area contributed by atoms with Crippen molar-refractivity contribution in [3.63, 3.8) is 0 Å². The van der Waals surface area contributed by atoms with E-state index in [9.17, 15) is 33.4 Å². The number of benzene rings is 2. The number of aryl methyl sites for hydroxylation is 7. The van der Waals surface area contributed by atoms with Crippen LogP contribution in [0.25, 0.3) is 55.0 Å². The van der Waals surface area contributed by atoms with E-state index in [0.717, 1.165) is 43.8 Å². The largest absolute Gasteiger partial charge is 0.756 e. The second kappa shape index (κ2) is 24.5. The molecule has 0 bridgehead atoms. The van der Waals surface area contributed by atoms with Crippen LogP contribution in [0.5, 0.6) is 0 Å². The number of anilines is 1. The van der Waals surface area contributed by atoms with Crippen LogP contribution < -0.4 is 33.1 Å². The maximum absolute atomic E-state index is 13.3. The number of carbonyl (C=O) groups excluding carboxylic acids is 1. The number of nitrogen functional groups attached to an aromatic ring is 1. The average Bonchev–Trinajstić information content (AvgIpc) is 2.42. The molecule has 2 aliphatic rings. The zero-order chi connectivity index (χ0) is 59.9. The lowest BCUT2D eigenvalue weighted by Crippen LogP contribution is -2.38. The Morgan fingerprint density at radius 3 is 2.21 bits per heavy atom. The van der Waals surface area contributed by atoms with Gasteiger partial charge >= 0.3 is 22.9 Å². The van der Waals surface area contributed by atoms with Gasteiger partial charge in [0.05, 0.1) is 45.5 Å². The number of aromatic nitrogens is 6. The molecule has 28 heteroatoms. The third kappa shape index (κ3) is 12.0. The second-order valence-electron chi connectivity index (χ2n) is 20.4. The molecular weight excluding hydrogens is 1120 g/mol. The van der Waals surface area contributed by atoms with Crippen molar-refractivity contribution in [3.05, 3.63) is 136 Å². The maximum Gasteiger partial charge on any atom is 0.336 e. The summed E-state index contributed by atoms with van der Waals surface area (Å²) in [4.78, 5) is 88.1. The summed E-state index contributed by atoms with van der Waals surface area (Å²) in [5.41, 5.74) is 11.1. The SMILES string of the molecule is COC1C[C@H](n2cc(C)c(=O)[nH]c2=O)O[C@@H]1COP(=O)([O-])OCCOCc1c(C)oc2c(C)c3oc(=O)cc(C)c3cc12.COC[C@H]1O[C@@H](n2cnc3c(N)ncnc32)[C@@H](OC(=O)CCc2c(C)oc3cc4oc(=O)cc(C)c4cc23)C1OC. The van der Waals surface area contributed by atoms with Crippen LogP contribution in [0.4, 0.5) is 5.82 Å². The summed E-state index contributed by atoms with van der Waals surface area (Å²) >= 11 is 0. The Morgan fingerprint density at radius 1 is 0.750 bits per heavy atom. The highest BCUT2D eigenvalue weighted by atomic mass is 31.2. The molecule has 2 aromatic carbocycles. The number of hydrogen-bond acceptors (Lipinski definition) is 24. The van der Waals surface area contributed by atoms with E-state index in [-0.39, 0.29) is 45.1 Å². The summed E-state index contributed by atoms with van der Waals surface area (Å²) in [5.74, 6) is 1.07. The standard InChI is InChI=1S/C28H29N5O8.C28H33N2O12P/c1-13-7-22(35)39-18-9-19-17(8-16(13)18)15(14(2)38-19)5-6-21(34)41-25-24(37-4)20(10-36-3)40-28(25)33-12-32-23-26(29)30-11-31-27(23)33;1-14-8-24(31)42-25-16(3)26-19(9-18(14)25)20(17(4)40-26)12-37-6-7-38-43(34,35)39-13-22-21(36-5)10-23(41-22)30-11-15(2)27(32)29-28(30)33/h7-9,11-12,20,24-25,28H,5-6,10H2,1-4H3,(H2,29,30,31);8-9,11,21-23H,6-7,10,12-13H2,1-5H3,(H,34,35)(H,29,32,33)/p-1/t20-,24?,25+,28-;21?,22-,23-/m11/s1. The van der Waals surface area contributed by atoms with E-state index >= 15 is 0 Å². The quantitative estimate of drug-likeness (QED) is 0.0429. The zero-order valence-electron chi connectivity index (χ0n) is 47.2. The van der Waals surface area contributed by atoms with Gasteiger partial charge in [0, 0.05) is 102 Å². The number of phosphoric acid groups is 1. The Morgan fingerprint density at radius 2 is 1.46 bits per heavy atom. The lowest BCUT2D eigenvalue weighted by molar-refractivity contribution is -0.229.